The van der Waals surface area contributed by atoms with Gasteiger partial charge in [0.1, 0.15) is 0 Å². The Morgan fingerprint density at radius 2 is 1.64 bits per heavy atom. The molecule has 2 heterocycles. The first-order chi connectivity index (χ1) is 17.5. The summed E-state index contributed by atoms with van der Waals surface area (Å²) in [7, 11) is 0. The highest BCUT2D eigenvalue weighted by Crippen LogP contribution is 2.42. The smallest absolute Gasteiger partial charge is 0.229 e. The third-order valence-electron chi connectivity index (χ3n) is 8.68. The Morgan fingerprint density at radius 1 is 0.972 bits per heavy atom. The molecule has 1 unspecified atom stereocenters. The molecule has 36 heavy (non-hydrogen) atoms. The van der Waals surface area contributed by atoms with Gasteiger partial charge in [0.05, 0.1) is 11.5 Å². The van der Waals surface area contributed by atoms with Gasteiger partial charge in [-0.1, -0.05) is 71.2 Å². The van der Waals surface area contributed by atoms with Gasteiger partial charge in [-0.25, -0.2) is 0 Å². The number of piperidine rings is 1. The van der Waals surface area contributed by atoms with Crippen molar-refractivity contribution in [2.45, 2.75) is 64.0 Å². The minimum atomic E-state index is -0.179. The standard InChI is InChI=1S/C30H38BrN3O2/c31-26-12-10-23(11-13-26)22-34-21-17-30(29(34)36)15-19-33(20-16-30)18-14-27(24-6-2-1-3-7-24)32-28(35)25-8-4-5-9-25/h1-3,6-7,10-13,25,27H,4-5,8-9,14-22H2,(H,32,35). The van der Waals surface area contributed by atoms with Crippen molar-refractivity contribution in [3.8, 4) is 0 Å². The van der Waals surface area contributed by atoms with Crippen molar-refractivity contribution in [1.82, 2.24) is 15.1 Å². The Bertz CT molecular complexity index is 1030. The minimum Gasteiger partial charge on any atom is -0.349 e. The van der Waals surface area contributed by atoms with Crippen molar-refractivity contribution in [1.29, 1.82) is 0 Å². The van der Waals surface area contributed by atoms with Crippen molar-refractivity contribution < 1.29 is 9.59 Å². The molecule has 3 aliphatic rings. The third-order valence-corrected chi connectivity index (χ3v) is 9.21. The van der Waals surface area contributed by atoms with E-state index in [0.717, 1.165) is 69.2 Å². The molecule has 0 bridgehead atoms. The lowest BCUT2D eigenvalue weighted by Crippen LogP contribution is -2.45. The second-order valence-corrected chi connectivity index (χ2v) is 11.9. The number of benzene rings is 2. The van der Waals surface area contributed by atoms with Crippen LogP contribution in [0.1, 0.15) is 68.5 Å². The minimum absolute atomic E-state index is 0.0460. The zero-order chi connectivity index (χ0) is 25.0. The molecule has 2 aliphatic heterocycles. The average molecular weight is 553 g/mol. The molecule has 0 aromatic heterocycles. The van der Waals surface area contributed by atoms with Gasteiger partial charge in [-0.15, -0.1) is 0 Å². The molecule has 2 aromatic carbocycles. The van der Waals surface area contributed by atoms with Crippen molar-refractivity contribution >= 4 is 27.7 Å². The predicted octanol–water partition coefficient (Wildman–Crippen LogP) is 5.70. The van der Waals surface area contributed by atoms with Crippen molar-refractivity contribution in [2.24, 2.45) is 11.3 Å². The van der Waals surface area contributed by atoms with Crippen molar-refractivity contribution in [3.63, 3.8) is 0 Å². The summed E-state index contributed by atoms with van der Waals surface area (Å²) in [5.74, 6) is 0.747. The number of amides is 2. The highest BCUT2D eigenvalue weighted by molar-refractivity contribution is 9.10. The van der Waals surface area contributed by atoms with Gasteiger partial charge in [0.15, 0.2) is 0 Å². The Morgan fingerprint density at radius 3 is 2.33 bits per heavy atom. The van der Waals surface area contributed by atoms with Gasteiger partial charge in [-0.05, 0) is 74.9 Å². The van der Waals surface area contributed by atoms with Crippen LogP contribution in [0.5, 0.6) is 0 Å². The number of halogens is 1. The van der Waals surface area contributed by atoms with E-state index in [1.807, 2.05) is 18.2 Å². The maximum Gasteiger partial charge on any atom is 0.229 e. The first kappa shape index (κ1) is 25.5. The van der Waals surface area contributed by atoms with Gasteiger partial charge in [0.25, 0.3) is 0 Å². The molecule has 1 N–H and O–H groups in total. The predicted molar refractivity (Wildman–Crippen MR) is 146 cm³/mol. The Labute approximate surface area is 223 Å². The van der Waals surface area contributed by atoms with Crippen LogP contribution in [0, 0.1) is 11.3 Å². The fourth-order valence-electron chi connectivity index (χ4n) is 6.32. The van der Waals surface area contributed by atoms with E-state index in [2.05, 4.69) is 67.4 Å². The van der Waals surface area contributed by atoms with Crippen LogP contribution in [0.4, 0.5) is 0 Å². The maximum atomic E-state index is 13.4. The van der Waals surface area contributed by atoms with E-state index in [-0.39, 0.29) is 23.3 Å². The molecule has 5 rings (SSSR count). The number of likely N-dealkylation sites (tertiary alicyclic amines) is 2. The van der Waals surface area contributed by atoms with Crippen molar-refractivity contribution in [3.05, 3.63) is 70.2 Å². The molecule has 5 nitrogen and oxygen atoms in total. The Kier molecular flexibility index (Phi) is 8.12. The van der Waals surface area contributed by atoms with E-state index in [0.29, 0.717) is 12.5 Å². The summed E-state index contributed by atoms with van der Waals surface area (Å²) in [4.78, 5) is 30.9. The van der Waals surface area contributed by atoms with E-state index >= 15 is 0 Å². The molecular formula is C30H38BrN3O2. The normalized spacial score (nSPS) is 21.2. The van der Waals surface area contributed by atoms with Gasteiger partial charge in [-0.2, -0.15) is 0 Å². The summed E-state index contributed by atoms with van der Waals surface area (Å²) < 4.78 is 1.07. The molecule has 2 amide bonds. The quantitative estimate of drug-likeness (QED) is 0.457. The highest BCUT2D eigenvalue weighted by atomic mass is 79.9. The average Bonchev–Trinajstić information content (AvgIpc) is 3.55. The van der Waals surface area contributed by atoms with Crippen molar-refractivity contribution in [2.75, 3.05) is 26.2 Å². The van der Waals surface area contributed by atoms with Gasteiger partial charge in [-0.3, -0.25) is 9.59 Å². The van der Waals surface area contributed by atoms with Crippen LogP contribution >= 0.6 is 15.9 Å². The fourth-order valence-corrected chi connectivity index (χ4v) is 6.58. The van der Waals surface area contributed by atoms with Crippen LogP contribution < -0.4 is 5.32 Å². The topological polar surface area (TPSA) is 52.7 Å². The molecule has 1 atom stereocenters. The zero-order valence-electron chi connectivity index (χ0n) is 21.1. The molecular weight excluding hydrogens is 514 g/mol. The Hall–Kier alpha value is -2.18. The van der Waals surface area contributed by atoms with Gasteiger partial charge in [0.2, 0.25) is 11.8 Å². The highest BCUT2D eigenvalue weighted by Gasteiger charge is 2.47. The van der Waals surface area contributed by atoms with Crippen LogP contribution in [0.15, 0.2) is 59.1 Å². The molecule has 2 aromatic rings. The number of nitrogens with zero attached hydrogens (tertiary/aromatic N) is 2. The van der Waals surface area contributed by atoms with Crippen LogP contribution in [0.2, 0.25) is 0 Å². The lowest BCUT2D eigenvalue weighted by Gasteiger charge is -2.38. The molecule has 0 radical (unpaired) electrons. The van der Waals surface area contributed by atoms with Crippen LogP contribution in [0.25, 0.3) is 0 Å². The van der Waals surface area contributed by atoms with E-state index in [1.54, 1.807) is 0 Å². The monoisotopic (exact) mass is 551 g/mol. The van der Waals surface area contributed by atoms with E-state index in [1.165, 1.54) is 24.0 Å². The summed E-state index contributed by atoms with van der Waals surface area (Å²) >= 11 is 3.49. The van der Waals surface area contributed by atoms with Crippen LogP contribution in [0.3, 0.4) is 0 Å². The summed E-state index contributed by atoms with van der Waals surface area (Å²) in [6, 6.07) is 18.7. The van der Waals surface area contributed by atoms with Crippen LogP contribution in [-0.2, 0) is 16.1 Å². The molecule has 2 saturated heterocycles. The first-order valence-electron chi connectivity index (χ1n) is 13.6. The van der Waals surface area contributed by atoms with Gasteiger partial charge < -0.3 is 15.1 Å². The molecule has 1 spiro atoms. The molecule has 1 aliphatic carbocycles. The molecule has 6 heteroatoms. The lowest BCUT2D eigenvalue weighted by atomic mass is 9.77. The fraction of sp³-hybridized carbons (Fsp3) is 0.533. The number of rotatable bonds is 8. The maximum absolute atomic E-state index is 13.4. The second-order valence-electron chi connectivity index (χ2n) is 11.0. The van der Waals surface area contributed by atoms with E-state index in [9.17, 15) is 9.59 Å². The summed E-state index contributed by atoms with van der Waals surface area (Å²) in [6.45, 7) is 4.42. The van der Waals surface area contributed by atoms with Gasteiger partial charge in [0, 0.05) is 30.0 Å². The molecule has 192 valence electrons. The lowest BCUT2D eigenvalue weighted by molar-refractivity contribution is -0.139. The van der Waals surface area contributed by atoms with Crippen LogP contribution in [-0.4, -0.2) is 47.8 Å². The number of carbonyl (C=O) groups excluding carboxylic acids is 2. The number of hydrogen-bond acceptors (Lipinski definition) is 3. The summed E-state index contributed by atoms with van der Waals surface area (Å²) in [6.07, 6.45) is 8.13. The number of carbonyl (C=O) groups is 2. The molecule has 3 fully saturated rings. The van der Waals surface area contributed by atoms with E-state index in [4.69, 9.17) is 0 Å². The van der Waals surface area contributed by atoms with E-state index < -0.39 is 0 Å². The Balaban J connectivity index is 1.14. The third kappa shape index (κ3) is 5.86. The zero-order valence-corrected chi connectivity index (χ0v) is 22.7. The number of nitrogens with one attached hydrogen (secondary N) is 1. The summed E-state index contributed by atoms with van der Waals surface area (Å²) in [5, 5.41) is 3.37. The first-order valence-corrected chi connectivity index (χ1v) is 14.4. The molecule has 1 saturated carbocycles. The second kappa shape index (κ2) is 11.5. The summed E-state index contributed by atoms with van der Waals surface area (Å²) in [5.41, 5.74) is 2.20. The number of hydrogen-bond donors (Lipinski definition) is 1. The largest absolute Gasteiger partial charge is 0.349 e. The SMILES string of the molecule is O=C(NC(CCN1CCC2(CC1)CCN(Cc1ccc(Br)cc1)C2=O)c1ccccc1)C1CCCC1. The van der Waals surface area contributed by atoms with Gasteiger partial charge >= 0.3 is 0 Å².